The van der Waals surface area contributed by atoms with Crippen LogP contribution in [-0.4, -0.2) is 61.3 Å². The second kappa shape index (κ2) is 20.0. The molecular weight excluding hydrogens is 652 g/mol. The predicted molar refractivity (Wildman–Crippen MR) is 186 cm³/mol. The van der Waals surface area contributed by atoms with E-state index >= 15 is 0 Å². The van der Waals surface area contributed by atoms with E-state index in [-0.39, 0.29) is 25.1 Å². The molecule has 2 amide bonds. The summed E-state index contributed by atoms with van der Waals surface area (Å²) < 4.78 is 60.7. The number of nitrogens with one attached hydrogen (secondary N) is 3. The Labute approximate surface area is 288 Å². The molecule has 3 rings (SSSR count). The molecule has 0 aromatic heterocycles. The Morgan fingerprint density at radius 3 is 2.08 bits per heavy atom. The largest absolute Gasteiger partial charge is 0.445 e. The molecule has 12 heteroatoms. The molecule has 0 bridgehead atoms. The normalized spacial score (nSPS) is 13.4. The van der Waals surface area contributed by atoms with Crippen molar-refractivity contribution in [2.75, 3.05) is 12.3 Å². The number of sulfone groups is 1. The van der Waals surface area contributed by atoms with Crippen LogP contribution in [0.25, 0.3) is 0 Å². The summed E-state index contributed by atoms with van der Waals surface area (Å²) in [6, 6.07) is 17.0. The Hall–Kier alpha value is -3.87. The standard InChI is InChI=1S/C37H49F2N3O6S/c1-4-11-32(12-5-2)49(46,47)25-34(42-37(45)48-24-27-13-8-7-9-14-27)36(44)41-33(20-29-18-30(38)21-31(39)19-29)35(43)23-40-22-28-16-10-15-26(6-3)17-28/h7-10,13-19,21,32-35,40,43H,4-6,11-12,20,22-25H2,1-3H3,(H,41,44)(H,42,45)/t33-,34?,35+/m0/s1. The van der Waals surface area contributed by atoms with Crippen LogP contribution in [0.4, 0.5) is 13.6 Å². The van der Waals surface area contributed by atoms with Crippen LogP contribution < -0.4 is 16.0 Å². The maximum absolute atomic E-state index is 14.1. The molecule has 0 saturated heterocycles. The van der Waals surface area contributed by atoms with Crippen molar-refractivity contribution in [1.29, 1.82) is 0 Å². The van der Waals surface area contributed by atoms with Gasteiger partial charge < -0.3 is 25.8 Å². The highest BCUT2D eigenvalue weighted by atomic mass is 32.2. The molecule has 4 N–H and O–H groups in total. The van der Waals surface area contributed by atoms with Gasteiger partial charge >= 0.3 is 6.09 Å². The Bertz CT molecular complexity index is 1570. The van der Waals surface area contributed by atoms with Gasteiger partial charge in [-0.3, -0.25) is 4.79 Å². The molecule has 0 heterocycles. The van der Waals surface area contributed by atoms with Gasteiger partial charge in [-0.05, 0) is 60.1 Å². The number of rotatable bonds is 20. The van der Waals surface area contributed by atoms with E-state index in [9.17, 15) is 31.9 Å². The highest BCUT2D eigenvalue weighted by Gasteiger charge is 2.34. The second-order valence-electron chi connectivity index (χ2n) is 12.3. The second-order valence-corrected chi connectivity index (χ2v) is 14.6. The van der Waals surface area contributed by atoms with Gasteiger partial charge in [0.25, 0.3) is 0 Å². The fourth-order valence-corrected chi connectivity index (χ4v) is 7.78. The lowest BCUT2D eigenvalue weighted by Crippen LogP contribution is -2.57. The monoisotopic (exact) mass is 701 g/mol. The maximum Gasteiger partial charge on any atom is 0.408 e. The predicted octanol–water partition coefficient (Wildman–Crippen LogP) is 5.38. The zero-order valence-electron chi connectivity index (χ0n) is 28.5. The van der Waals surface area contributed by atoms with Gasteiger partial charge in [0.15, 0.2) is 9.84 Å². The molecule has 0 aliphatic heterocycles. The summed E-state index contributed by atoms with van der Waals surface area (Å²) in [4.78, 5) is 26.7. The van der Waals surface area contributed by atoms with E-state index in [1.165, 1.54) is 0 Å². The molecule has 1 unspecified atom stereocenters. The molecule has 0 radical (unpaired) electrons. The van der Waals surface area contributed by atoms with Crippen molar-refractivity contribution in [2.24, 2.45) is 0 Å². The van der Waals surface area contributed by atoms with Gasteiger partial charge in [-0.2, -0.15) is 0 Å². The van der Waals surface area contributed by atoms with Crippen LogP contribution in [0.3, 0.4) is 0 Å². The molecule has 0 saturated carbocycles. The molecule has 9 nitrogen and oxygen atoms in total. The van der Waals surface area contributed by atoms with Crippen LogP contribution in [0, 0.1) is 11.6 Å². The molecule has 268 valence electrons. The summed E-state index contributed by atoms with van der Waals surface area (Å²) in [6.07, 6.45) is 0.424. The van der Waals surface area contributed by atoms with Crippen LogP contribution >= 0.6 is 0 Å². The zero-order chi connectivity index (χ0) is 35.8. The number of hydrogen-bond acceptors (Lipinski definition) is 7. The first-order valence-corrected chi connectivity index (χ1v) is 18.6. The Balaban J connectivity index is 1.84. The van der Waals surface area contributed by atoms with Crippen molar-refractivity contribution in [3.8, 4) is 0 Å². The van der Waals surface area contributed by atoms with E-state index < -0.39 is 62.7 Å². The average molecular weight is 702 g/mol. The smallest absolute Gasteiger partial charge is 0.408 e. The number of halogens is 2. The van der Waals surface area contributed by atoms with Crippen molar-refractivity contribution in [3.05, 3.63) is 107 Å². The number of ether oxygens (including phenoxy) is 1. The lowest BCUT2D eigenvalue weighted by Gasteiger charge is -2.28. The number of amides is 2. The average Bonchev–Trinajstić information content (AvgIpc) is 3.06. The fourth-order valence-electron chi connectivity index (χ4n) is 5.62. The maximum atomic E-state index is 14.1. The molecule has 0 fully saturated rings. The lowest BCUT2D eigenvalue weighted by atomic mass is 10.00. The number of aryl methyl sites for hydroxylation is 1. The summed E-state index contributed by atoms with van der Waals surface area (Å²) in [7, 11) is -3.89. The Morgan fingerprint density at radius 1 is 0.816 bits per heavy atom. The van der Waals surface area contributed by atoms with Gasteiger partial charge in [0, 0.05) is 19.2 Å². The van der Waals surface area contributed by atoms with Gasteiger partial charge in [0.05, 0.1) is 23.1 Å². The number of hydrogen-bond donors (Lipinski definition) is 4. The van der Waals surface area contributed by atoms with Gasteiger partial charge in [-0.25, -0.2) is 22.0 Å². The van der Waals surface area contributed by atoms with Crippen molar-refractivity contribution >= 4 is 21.8 Å². The van der Waals surface area contributed by atoms with Crippen LogP contribution in [0.2, 0.25) is 0 Å². The van der Waals surface area contributed by atoms with Crippen LogP contribution in [0.5, 0.6) is 0 Å². The third kappa shape index (κ3) is 13.5. The van der Waals surface area contributed by atoms with E-state index in [1.807, 2.05) is 45.0 Å². The number of carbonyl (C=O) groups is 2. The summed E-state index contributed by atoms with van der Waals surface area (Å²) in [5.74, 6) is -3.24. The molecule has 3 aromatic carbocycles. The highest BCUT2D eigenvalue weighted by Crippen LogP contribution is 2.18. The minimum atomic E-state index is -3.89. The molecule has 3 atom stereocenters. The van der Waals surface area contributed by atoms with Crippen LogP contribution in [0.1, 0.15) is 68.7 Å². The Morgan fingerprint density at radius 2 is 1.45 bits per heavy atom. The first kappa shape index (κ1) is 39.6. The van der Waals surface area contributed by atoms with Gasteiger partial charge in [0.1, 0.15) is 24.3 Å². The molecule has 49 heavy (non-hydrogen) atoms. The van der Waals surface area contributed by atoms with Crippen molar-refractivity contribution < 1.29 is 36.6 Å². The van der Waals surface area contributed by atoms with E-state index in [0.717, 1.165) is 29.7 Å². The number of aliphatic hydroxyl groups excluding tert-OH is 1. The number of benzene rings is 3. The third-order valence-electron chi connectivity index (χ3n) is 8.20. The molecule has 0 spiro atoms. The van der Waals surface area contributed by atoms with Gasteiger partial charge in [-0.15, -0.1) is 0 Å². The third-order valence-corrected chi connectivity index (χ3v) is 10.5. The minimum Gasteiger partial charge on any atom is -0.445 e. The topological polar surface area (TPSA) is 134 Å². The highest BCUT2D eigenvalue weighted by molar-refractivity contribution is 7.92. The molecular formula is C37H49F2N3O6S. The minimum absolute atomic E-state index is 0.0102. The van der Waals surface area contributed by atoms with Crippen LogP contribution in [-0.2, 0) is 45.4 Å². The van der Waals surface area contributed by atoms with Crippen LogP contribution in [0.15, 0.2) is 72.8 Å². The van der Waals surface area contributed by atoms with Gasteiger partial charge in [-0.1, -0.05) is 88.2 Å². The van der Waals surface area contributed by atoms with E-state index in [0.29, 0.717) is 43.9 Å². The number of aliphatic hydroxyl groups is 1. The summed E-state index contributed by atoms with van der Waals surface area (Å²) >= 11 is 0. The van der Waals surface area contributed by atoms with Crippen molar-refractivity contribution in [3.63, 3.8) is 0 Å². The van der Waals surface area contributed by atoms with E-state index in [1.54, 1.807) is 30.3 Å². The van der Waals surface area contributed by atoms with E-state index in [4.69, 9.17) is 4.74 Å². The summed E-state index contributed by atoms with van der Waals surface area (Å²) in [5, 5.41) is 18.8. The molecule has 0 aliphatic carbocycles. The zero-order valence-corrected chi connectivity index (χ0v) is 29.3. The Kier molecular flexibility index (Phi) is 16.1. The quantitative estimate of drug-likeness (QED) is 0.124. The number of alkyl carbamates (subject to hydrolysis) is 1. The summed E-state index contributed by atoms with van der Waals surface area (Å²) in [6.45, 7) is 6.08. The molecule has 3 aromatic rings. The summed E-state index contributed by atoms with van der Waals surface area (Å²) in [5.41, 5.74) is 2.99. The fraction of sp³-hybridized carbons (Fsp3) is 0.459. The lowest BCUT2D eigenvalue weighted by molar-refractivity contribution is -0.124. The SMILES string of the molecule is CCCC(CCC)S(=O)(=O)CC(NC(=O)OCc1ccccc1)C(=O)N[C@@H](Cc1cc(F)cc(F)c1)[C@H](O)CNCc1cccc(CC)c1. The first-order valence-electron chi connectivity index (χ1n) is 16.8. The molecule has 0 aliphatic rings. The first-order chi connectivity index (χ1) is 23.4. The van der Waals surface area contributed by atoms with Gasteiger partial charge in [0.2, 0.25) is 5.91 Å². The number of carbonyl (C=O) groups excluding carboxylic acids is 2. The van der Waals surface area contributed by atoms with Crippen molar-refractivity contribution in [2.45, 2.75) is 95.9 Å². The van der Waals surface area contributed by atoms with Crippen molar-refractivity contribution in [1.82, 2.24) is 16.0 Å². The van der Waals surface area contributed by atoms with E-state index in [2.05, 4.69) is 16.0 Å².